The maximum absolute atomic E-state index is 13.7. The molecule has 0 aliphatic carbocycles. The summed E-state index contributed by atoms with van der Waals surface area (Å²) in [4.78, 5) is 23.8. The molecule has 2 amide bonds. The summed E-state index contributed by atoms with van der Waals surface area (Å²) in [5, 5.41) is 0. The predicted molar refractivity (Wildman–Crippen MR) is 112 cm³/mol. The molecule has 0 spiro atoms. The second-order valence-corrected chi connectivity index (χ2v) is 7.08. The van der Waals surface area contributed by atoms with Crippen molar-refractivity contribution in [2.24, 2.45) is 0 Å². The summed E-state index contributed by atoms with van der Waals surface area (Å²) in [6.07, 6.45) is 0. The van der Waals surface area contributed by atoms with Crippen LogP contribution in [-0.2, 0) is 11.4 Å². The van der Waals surface area contributed by atoms with Gasteiger partial charge >= 0.3 is 0 Å². The Kier molecular flexibility index (Phi) is 7.40. The Bertz CT molecular complexity index is 1010. The predicted octanol–water partition coefficient (Wildman–Crippen LogP) is 4.01. The molecule has 3 aromatic carbocycles. The molecule has 6 nitrogen and oxygen atoms in total. The first-order valence-electron chi connectivity index (χ1n) is 8.95. The highest BCUT2D eigenvalue weighted by Gasteiger charge is 2.13. The van der Waals surface area contributed by atoms with Crippen LogP contribution < -0.4 is 20.3 Å². The minimum absolute atomic E-state index is 0.198. The van der Waals surface area contributed by atoms with Gasteiger partial charge in [0.2, 0.25) is 0 Å². The lowest BCUT2D eigenvalue weighted by Gasteiger charge is -2.10. The van der Waals surface area contributed by atoms with Crippen molar-refractivity contribution >= 4 is 27.7 Å². The summed E-state index contributed by atoms with van der Waals surface area (Å²) < 4.78 is 25.3. The van der Waals surface area contributed by atoms with E-state index in [1.54, 1.807) is 24.3 Å². The number of carbonyl (C=O) groups is 2. The molecule has 30 heavy (non-hydrogen) atoms. The van der Waals surface area contributed by atoms with Crippen LogP contribution >= 0.6 is 15.9 Å². The average molecular weight is 473 g/mol. The summed E-state index contributed by atoms with van der Waals surface area (Å²) in [6, 6.07) is 20.5. The van der Waals surface area contributed by atoms with Crippen LogP contribution in [0.1, 0.15) is 15.9 Å². The molecule has 0 fully saturated rings. The van der Waals surface area contributed by atoms with E-state index < -0.39 is 17.6 Å². The van der Waals surface area contributed by atoms with Gasteiger partial charge in [-0.25, -0.2) is 4.39 Å². The molecule has 0 atom stereocenters. The van der Waals surface area contributed by atoms with E-state index >= 15 is 0 Å². The molecule has 0 heterocycles. The number of nitrogens with one attached hydrogen (secondary N) is 2. The number of benzene rings is 3. The molecular formula is C22H18BrFN2O4. The largest absolute Gasteiger partial charge is 0.489 e. The standard InChI is InChI=1S/C22H18BrFN2O4/c23-16-6-11-20(24)19(12-16)22(28)26-25-21(27)14-30-18-9-7-17(8-10-18)29-13-15-4-2-1-3-5-15/h1-12H,13-14H2,(H,25,27)(H,26,28). The molecule has 0 saturated heterocycles. The number of hydrogen-bond donors (Lipinski definition) is 2. The van der Waals surface area contributed by atoms with E-state index in [1.807, 2.05) is 30.3 Å². The van der Waals surface area contributed by atoms with E-state index in [2.05, 4.69) is 26.8 Å². The number of carbonyl (C=O) groups excluding carboxylic acids is 2. The van der Waals surface area contributed by atoms with Gasteiger partial charge in [0.15, 0.2) is 6.61 Å². The first-order chi connectivity index (χ1) is 14.5. The van der Waals surface area contributed by atoms with Gasteiger partial charge in [-0.1, -0.05) is 46.3 Å². The number of ether oxygens (including phenoxy) is 2. The van der Waals surface area contributed by atoms with E-state index in [0.717, 1.165) is 11.6 Å². The number of amides is 2. The van der Waals surface area contributed by atoms with E-state index in [-0.39, 0.29) is 12.2 Å². The molecule has 0 aliphatic heterocycles. The Morgan fingerprint density at radius 1 is 0.867 bits per heavy atom. The third kappa shape index (κ3) is 6.31. The number of halogens is 2. The smallest absolute Gasteiger partial charge is 0.276 e. The molecule has 8 heteroatoms. The van der Waals surface area contributed by atoms with Gasteiger partial charge in [0.25, 0.3) is 11.8 Å². The lowest BCUT2D eigenvalue weighted by atomic mass is 10.2. The second-order valence-electron chi connectivity index (χ2n) is 6.16. The van der Waals surface area contributed by atoms with E-state index in [9.17, 15) is 14.0 Å². The quantitative estimate of drug-likeness (QED) is 0.509. The topological polar surface area (TPSA) is 76.7 Å². The van der Waals surface area contributed by atoms with Crippen molar-refractivity contribution < 1.29 is 23.5 Å². The fourth-order valence-corrected chi connectivity index (χ4v) is 2.78. The third-order valence-corrected chi connectivity index (χ3v) is 4.42. The van der Waals surface area contributed by atoms with E-state index in [0.29, 0.717) is 22.6 Å². The van der Waals surface area contributed by atoms with Crippen LogP contribution in [-0.4, -0.2) is 18.4 Å². The zero-order valence-corrected chi connectivity index (χ0v) is 17.3. The normalized spacial score (nSPS) is 10.2. The van der Waals surface area contributed by atoms with Crippen molar-refractivity contribution in [2.45, 2.75) is 6.61 Å². The first kappa shape index (κ1) is 21.3. The van der Waals surface area contributed by atoms with Crippen molar-refractivity contribution in [3.63, 3.8) is 0 Å². The van der Waals surface area contributed by atoms with Crippen molar-refractivity contribution in [1.82, 2.24) is 10.9 Å². The Labute approximate surface area is 181 Å². The maximum atomic E-state index is 13.7. The van der Waals surface area contributed by atoms with Gasteiger partial charge in [0.05, 0.1) is 5.56 Å². The highest BCUT2D eigenvalue weighted by atomic mass is 79.9. The van der Waals surface area contributed by atoms with Gasteiger partial charge in [-0.05, 0) is 48.0 Å². The third-order valence-electron chi connectivity index (χ3n) is 3.93. The highest BCUT2D eigenvalue weighted by molar-refractivity contribution is 9.10. The molecule has 0 aliphatic rings. The van der Waals surface area contributed by atoms with Crippen LogP contribution in [0.25, 0.3) is 0 Å². The van der Waals surface area contributed by atoms with Crippen LogP contribution in [0.15, 0.2) is 77.3 Å². The Hall–Kier alpha value is -3.39. The van der Waals surface area contributed by atoms with Crippen LogP contribution in [0, 0.1) is 5.82 Å². The van der Waals surface area contributed by atoms with Crippen molar-refractivity contribution in [2.75, 3.05) is 6.61 Å². The monoisotopic (exact) mass is 472 g/mol. The molecule has 0 saturated carbocycles. The minimum atomic E-state index is -0.776. The zero-order valence-electron chi connectivity index (χ0n) is 15.7. The molecule has 0 unspecified atom stereocenters. The summed E-state index contributed by atoms with van der Waals surface area (Å²) in [6.45, 7) is 0.118. The van der Waals surface area contributed by atoms with Crippen LogP contribution in [0.4, 0.5) is 4.39 Å². The summed E-state index contributed by atoms with van der Waals surface area (Å²) in [5.74, 6) is -0.943. The Morgan fingerprint density at radius 3 is 2.23 bits per heavy atom. The molecule has 154 valence electrons. The lowest BCUT2D eigenvalue weighted by molar-refractivity contribution is -0.123. The fraction of sp³-hybridized carbons (Fsp3) is 0.0909. The molecule has 0 aromatic heterocycles. The Morgan fingerprint density at radius 2 is 1.53 bits per heavy atom. The van der Waals surface area contributed by atoms with Gasteiger partial charge in [-0.3, -0.25) is 20.4 Å². The molecule has 0 bridgehead atoms. The number of rotatable bonds is 7. The molecule has 0 radical (unpaired) electrons. The molecule has 3 rings (SSSR count). The Balaban J connectivity index is 1.42. The highest BCUT2D eigenvalue weighted by Crippen LogP contribution is 2.19. The summed E-state index contributed by atoms with van der Waals surface area (Å²) in [7, 11) is 0. The van der Waals surface area contributed by atoms with Crippen LogP contribution in [0.3, 0.4) is 0 Å². The summed E-state index contributed by atoms with van der Waals surface area (Å²) >= 11 is 3.16. The zero-order chi connectivity index (χ0) is 21.3. The lowest BCUT2D eigenvalue weighted by Crippen LogP contribution is -2.44. The number of hydrogen-bond acceptors (Lipinski definition) is 4. The average Bonchev–Trinajstić information content (AvgIpc) is 2.77. The van der Waals surface area contributed by atoms with Gasteiger partial charge in [0, 0.05) is 4.47 Å². The van der Waals surface area contributed by atoms with Crippen molar-refractivity contribution in [3.05, 3.63) is 94.2 Å². The molecule has 3 aromatic rings. The van der Waals surface area contributed by atoms with Gasteiger partial charge in [-0.2, -0.15) is 0 Å². The van der Waals surface area contributed by atoms with Crippen molar-refractivity contribution in [3.8, 4) is 11.5 Å². The number of hydrazine groups is 1. The van der Waals surface area contributed by atoms with Gasteiger partial charge in [0.1, 0.15) is 23.9 Å². The minimum Gasteiger partial charge on any atom is -0.489 e. The van der Waals surface area contributed by atoms with E-state index in [1.165, 1.54) is 12.1 Å². The second kappa shape index (κ2) is 10.4. The van der Waals surface area contributed by atoms with Gasteiger partial charge < -0.3 is 9.47 Å². The van der Waals surface area contributed by atoms with Crippen LogP contribution in [0.5, 0.6) is 11.5 Å². The SMILES string of the molecule is O=C(COc1ccc(OCc2ccccc2)cc1)NNC(=O)c1cc(Br)ccc1F. The summed E-state index contributed by atoms with van der Waals surface area (Å²) in [5.41, 5.74) is 5.18. The molecular weight excluding hydrogens is 455 g/mol. The van der Waals surface area contributed by atoms with Crippen molar-refractivity contribution in [1.29, 1.82) is 0 Å². The first-order valence-corrected chi connectivity index (χ1v) is 9.74. The molecule has 2 N–H and O–H groups in total. The van der Waals surface area contributed by atoms with Gasteiger partial charge in [-0.15, -0.1) is 0 Å². The maximum Gasteiger partial charge on any atom is 0.276 e. The van der Waals surface area contributed by atoms with Crippen LogP contribution in [0.2, 0.25) is 0 Å². The fourth-order valence-electron chi connectivity index (χ4n) is 2.42. The van der Waals surface area contributed by atoms with E-state index in [4.69, 9.17) is 9.47 Å².